The van der Waals surface area contributed by atoms with Gasteiger partial charge in [0.1, 0.15) is 34.9 Å². The van der Waals surface area contributed by atoms with Crippen molar-refractivity contribution in [3.8, 4) is 17.2 Å². The van der Waals surface area contributed by atoms with E-state index in [-0.39, 0.29) is 24.3 Å². The van der Waals surface area contributed by atoms with Crippen molar-refractivity contribution in [2.75, 3.05) is 20.3 Å². The van der Waals surface area contributed by atoms with Gasteiger partial charge in [-0.15, -0.1) is 0 Å². The van der Waals surface area contributed by atoms with Crippen LogP contribution >= 0.6 is 11.6 Å². The van der Waals surface area contributed by atoms with E-state index >= 15 is 0 Å². The number of nitrogens with one attached hydrogen (secondary N) is 3. The summed E-state index contributed by atoms with van der Waals surface area (Å²) in [7, 11) is 1.41. The van der Waals surface area contributed by atoms with E-state index in [0.717, 1.165) is 0 Å². The zero-order valence-electron chi connectivity index (χ0n) is 30.5. The van der Waals surface area contributed by atoms with Crippen molar-refractivity contribution in [2.24, 2.45) is 5.92 Å². The molecule has 0 saturated carbocycles. The Morgan fingerprint density at radius 1 is 0.759 bits per heavy atom. The number of esters is 1. The number of methoxy groups -OCH3 is 1. The Labute approximate surface area is 316 Å². The maximum absolute atomic E-state index is 13.9. The van der Waals surface area contributed by atoms with Gasteiger partial charge < -0.3 is 34.9 Å². The fourth-order valence-electron chi connectivity index (χ4n) is 4.93. The average Bonchev–Trinajstić information content (AvgIpc) is 3.09. The summed E-state index contributed by atoms with van der Waals surface area (Å²) in [6, 6.07) is 13.4. The lowest BCUT2D eigenvalue weighted by molar-refractivity contribution is -0.175. The number of carbonyl (C=O) groups excluding carboxylic acids is 5. The van der Waals surface area contributed by atoms with Crippen LogP contribution in [0.2, 0.25) is 5.02 Å². The number of Topliss-reactive ketones (excluding diaryl/α,β-unsaturated/α-hetero) is 1. The second kappa shape index (κ2) is 19.1. The molecule has 0 spiro atoms. The van der Waals surface area contributed by atoms with Gasteiger partial charge >= 0.3 is 12.1 Å². The van der Waals surface area contributed by atoms with E-state index in [0.29, 0.717) is 22.1 Å². The Hall–Kier alpha value is -5.31. The van der Waals surface area contributed by atoms with Crippen molar-refractivity contribution < 1.29 is 56.1 Å². The number of benzene rings is 3. The third-order valence-electron chi connectivity index (χ3n) is 7.48. The van der Waals surface area contributed by atoms with Crippen LogP contribution in [-0.2, 0) is 35.1 Å². The van der Waals surface area contributed by atoms with Gasteiger partial charge in [0.2, 0.25) is 11.8 Å². The molecule has 0 aliphatic heterocycles. The van der Waals surface area contributed by atoms with Gasteiger partial charge in [0.15, 0.2) is 13.2 Å². The normalized spacial score (nSPS) is 13.2. The van der Waals surface area contributed by atoms with Gasteiger partial charge in [-0.25, -0.2) is 4.79 Å². The van der Waals surface area contributed by atoms with Crippen LogP contribution in [0.3, 0.4) is 0 Å². The van der Waals surface area contributed by atoms with E-state index in [1.54, 1.807) is 45.0 Å². The summed E-state index contributed by atoms with van der Waals surface area (Å²) >= 11 is 6.15. The minimum Gasteiger partial charge on any atom is -0.497 e. The highest BCUT2D eigenvalue weighted by Crippen LogP contribution is 2.24. The number of ketones is 1. The second-order valence-electron chi connectivity index (χ2n) is 13.4. The fraction of sp³-hybridized carbons (Fsp3) is 0.395. The maximum Gasteiger partial charge on any atom is 0.452 e. The average molecular weight is 778 g/mol. The minimum atomic E-state index is -5.23. The molecule has 0 aliphatic rings. The van der Waals surface area contributed by atoms with Gasteiger partial charge in [-0.2, -0.15) is 13.2 Å². The summed E-state index contributed by atoms with van der Waals surface area (Å²) in [6.45, 7) is 7.00. The van der Waals surface area contributed by atoms with Crippen LogP contribution in [0, 0.1) is 5.92 Å². The molecule has 0 aliphatic carbocycles. The predicted octanol–water partition coefficient (Wildman–Crippen LogP) is 5.31. The molecule has 0 aromatic heterocycles. The van der Waals surface area contributed by atoms with Gasteiger partial charge in [-0.3, -0.25) is 19.2 Å². The van der Waals surface area contributed by atoms with E-state index in [1.807, 2.05) is 0 Å². The van der Waals surface area contributed by atoms with Crippen LogP contribution in [-0.4, -0.2) is 73.7 Å². The quantitative estimate of drug-likeness (QED) is 0.155. The molecule has 3 aromatic rings. The van der Waals surface area contributed by atoms with Gasteiger partial charge in [-0.1, -0.05) is 49.7 Å². The van der Waals surface area contributed by atoms with E-state index in [1.165, 1.54) is 69.5 Å². The number of carbonyl (C=O) groups is 5. The van der Waals surface area contributed by atoms with Gasteiger partial charge in [0.05, 0.1) is 13.2 Å². The highest BCUT2D eigenvalue weighted by Gasteiger charge is 2.45. The van der Waals surface area contributed by atoms with E-state index in [2.05, 4.69) is 16.0 Å². The largest absolute Gasteiger partial charge is 0.497 e. The lowest BCUT2D eigenvalue weighted by atomic mass is 9.97. The first kappa shape index (κ1) is 43.1. The maximum atomic E-state index is 13.9. The monoisotopic (exact) mass is 777 g/mol. The number of ether oxygens (including phenoxy) is 4. The van der Waals surface area contributed by atoms with Crippen molar-refractivity contribution in [2.45, 2.75) is 70.9 Å². The summed E-state index contributed by atoms with van der Waals surface area (Å²) in [5.41, 5.74) is 0.0165. The Morgan fingerprint density at radius 2 is 1.33 bits per heavy atom. The summed E-state index contributed by atoms with van der Waals surface area (Å²) < 4.78 is 61.6. The molecule has 0 saturated heterocycles. The van der Waals surface area contributed by atoms with Crippen LogP contribution < -0.4 is 30.2 Å². The third-order valence-corrected chi connectivity index (χ3v) is 7.71. The van der Waals surface area contributed by atoms with E-state index < -0.39 is 71.9 Å². The number of halogens is 4. The summed E-state index contributed by atoms with van der Waals surface area (Å²) in [4.78, 5) is 64.8. The third kappa shape index (κ3) is 13.9. The number of alkyl halides is 3. The molecule has 292 valence electrons. The molecule has 0 heterocycles. The molecule has 0 unspecified atom stereocenters. The lowest BCUT2D eigenvalue weighted by Gasteiger charge is -2.27. The minimum absolute atomic E-state index is 0.111. The number of hydrogen-bond acceptors (Lipinski definition) is 9. The molecule has 0 radical (unpaired) electrons. The molecule has 3 amide bonds. The lowest BCUT2D eigenvalue weighted by Crippen LogP contribution is -2.55. The fourth-order valence-corrected chi connectivity index (χ4v) is 5.14. The summed E-state index contributed by atoms with van der Waals surface area (Å²) in [5, 5.41) is 7.60. The predicted molar refractivity (Wildman–Crippen MR) is 192 cm³/mol. The van der Waals surface area contributed by atoms with Crippen LogP contribution in [0.1, 0.15) is 51.8 Å². The smallest absolute Gasteiger partial charge is 0.452 e. The molecule has 3 rings (SSSR count). The molecular weight excluding hydrogens is 735 g/mol. The molecule has 16 heteroatoms. The number of rotatable bonds is 17. The van der Waals surface area contributed by atoms with Crippen LogP contribution in [0.25, 0.3) is 0 Å². The van der Waals surface area contributed by atoms with Crippen molar-refractivity contribution in [1.82, 2.24) is 16.0 Å². The molecule has 0 bridgehead atoms. The first-order valence-corrected chi connectivity index (χ1v) is 17.1. The van der Waals surface area contributed by atoms with Crippen LogP contribution in [0.15, 0.2) is 72.8 Å². The van der Waals surface area contributed by atoms with Gasteiger partial charge in [0.25, 0.3) is 11.7 Å². The Balaban J connectivity index is 1.80. The van der Waals surface area contributed by atoms with Crippen molar-refractivity contribution in [3.63, 3.8) is 0 Å². The first-order chi connectivity index (χ1) is 25.2. The molecule has 12 nitrogen and oxygen atoms in total. The Bertz CT molecular complexity index is 1760. The topological polar surface area (TPSA) is 158 Å². The highest BCUT2D eigenvalue weighted by molar-refractivity contribution is 6.30. The van der Waals surface area contributed by atoms with Crippen molar-refractivity contribution >= 4 is 41.1 Å². The molecular formula is C38H43ClF3N3O9. The zero-order valence-corrected chi connectivity index (χ0v) is 31.3. The van der Waals surface area contributed by atoms with Crippen LogP contribution in [0.5, 0.6) is 17.2 Å². The second-order valence-corrected chi connectivity index (χ2v) is 13.8. The van der Waals surface area contributed by atoms with Crippen LogP contribution in [0.4, 0.5) is 13.2 Å². The SMILES string of the molecule is COc1ccc([C@H](NC(=O)[C@H](Cc2cccc(Cl)c2)NC(=O)COc2ccc(OCC(=O)OC(C)(C)C)cc2)C(=O)N[C@H](C(=O)C(F)(F)F)C(C)C)cc1. The van der Waals surface area contributed by atoms with Gasteiger partial charge in [0, 0.05) is 11.4 Å². The first-order valence-electron chi connectivity index (χ1n) is 16.7. The molecule has 54 heavy (non-hydrogen) atoms. The highest BCUT2D eigenvalue weighted by atomic mass is 35.5. The summed E-state index contributed by atoms with van der Waals surface area (Å²) in [6.07, 6.45) is -5.34. The Kier molecular flexibility index (Phi) is 15.3. The van der Waals surface area contributed by atoms with E-state index in [9.17, 15) is 37.1 Å². The molecule has 3 N–H and O–H groups in total. The van der Waals surface area contributed by atoms with E-state index in [4.69, 9.17) is 30.5 Å². The molecule has 3 aromatic carbocycles. The zero-order chi connectivity index (χ0) is 40.2. The van der Waals surface area contributed by atoms with Gasteiger partial charge in [-0.05, 0) is 86.3 Å². The number of hydrogen-bond donors (Lipinski definition) is 3. The summed E-state index contributed by atoms with van der Waals surface area (Å²) in [5.74, 6) is -5.37. The van der Waals surface area contributed by atoms with Crippen molar-refractivity contribution in [1.29, 1.82) is 0 Å². The molecule has 0 fully saturated rings. The Morgan fingerprint density at radius 3 is 1.85 bits per heavy atom. The number of amides is 3. The standard InChI is InChI=1S/C38H43ClF3N3O9/c1-22(2)32(34(48)38(40,41)42)44-36(50)33(24-10-12-26(51-6)13-11-24)45-35(49)29(19-23-8-7-9-25(39)18-23)43-30(46)20-52-27-14-16-28(17-15-27)53-21-31(47)54-37(3,4)5/h7-18,22,29,32-33H,19-21H2,1-6H3,(H,43,46)(H,44,50)(H,45,49)/t29-,32-,33-/m0/s1. The van der Waals surface area contributed by atoms with Crippen molar-refractivity contribution in [3.05, 3.63) is 88.9 Å². The molecule has 3 atom stereocenters.